The highest BCUT2D eigenvalue weighted by Crippen LogP contribution is 2.10. The SMILES string of the molecule is CC(CC(N)=O)=Nc1cc(C(N)=O)ccn1. The van der Waals surface area contributed by atoms with E-state index in [1.54, 1.807) is 6.92 Å². The van der Waals surface area contributed by atoms with Gasteiger partial charge in [-0.3, -0.25) is 9.59 Å². The molecule has 0 spiro atoms. The first-order valence-corrected chi connectivity index (χ1v) is 4.57. The highest BCUT2D eigenvalue weighted by molar-refractivity contribution is 6.00. The number of hydrogen-bond donors (Lipinski definition) is 2. The van der Waals surface area contributed by atoms with Gasteiger partial charge in [-0.05, 0) is 19.1 Å². The molecule has 0 aliphatic heterocycles. The summed E-state index contributed by atoms with van der Waals surface area (Å²) in [6, 6.07) is 2.94. The fourth-order valence-corrected chi connectivity index (χ4v) is 1.12. The first-order valence-electron chi connectivity index (χ1n) is 4.57. The summed E-state index contributed by atoms with van der Waals surface area (Å²) in [6.45, 7) is 1.66. The van der Waals surface area contributed by atoms with E-state index in [2.05, 4.69) is 9.98 Å². The van der Waals surface area contributed by atoms with Gasteiger partial charge in [-0.15, -0.1) is 0 Å². The third-order valence-electron chi connectivity index (χ3n) is 1.77. The molecule has 2 amide bonds. The second-order valence-corrected chi connectivity index (χ2v) is 3.26. The van der Waals surface area contributed by atoms with Gasteiger partial charge < -0.3 is 11.5 Å². The van der Waals surface area contributed by atoms with E-state index in [1.165, 1.54) is 18.3 Å². The van der Waals surface area contributed by atoms with Crippen LogP contribution in [0.15, 0.2) is 23.3 Å². The van der Waals surface area contributed by atoms with Gasteiger partial charge in [-0.25, -0.2) is 9.98 Å². The molecule has 0 bridgehead atoms. The van der Waals surface area contributed by atoms with Crippen LogP contribution < -0.4 is 11.5 Å². The highest BCUT2D eigenvalue weighted by atomic mass is 16.1. The zero-order valence-corrected chi connectivity index (χ0v) is 8.80. The highest BCUT2D eigenvalue weighted by Gasteiger charge is 2.03. The van der Waals surface area contributed by atoms with Crippen molar-refractivity contribution in [1.82, 2.24) is 4.98 Å². The number of pyridine rings is 1. The summed E-state index contributed by atoms with van der Waals surface area (Å²) in [6.07, 6.45) is 1.49. The lowest BCUT2D eigenvalue weighted by Crippen LogP contribution is -2.14. The zero-order valence-electron chi connectivity index (χ0n) is 8.80. The topological polar surface area (TPSA) is 111 Å². The zero-order chi connectivity index (χ0) is 12.1. The molecule has 1 rings (SSSR count). The Morgan fingerprint density at radius 1 is 1.44 bits per heavy atom. The molecule has 0 fully saturated rings. The number of primary amides is 2. The molecule has 0 aliphatic carbocycles. The number of nitrogens with zero attached hydrogens (tertiary/aromatic N) is 2. The molecule has 1 aromatic heterocycles. The fraction of sp³-hybridized carbons (Fsp3) is 0.200. The van der Waals surface area contributed by atoms with Crippen LogP contribution in [0.2, 0.25) is 0 Å². The molecule has 0 aliphatic rings. The molecule has 1 heterocycles. The summed E-state index contributed by atoms with van der Waals surface area (Å²) in [7, 11) is 0. The average Bonchev–Trinajstić information content (AvgIpc) is 2.16. The standard InChI is InChI=1S/C10H12N4O2/c1-6(4-8(11)15)14-9-5-7(10(12)16)2-3-13-9/h2-3,5H,4H2,1H3,(H2,11,15)(H2,12,16). The van der Waals surface area contributed by atoms with Crippen molar-refractivity contribution in [1.29, 1.82) is 0 Å². The molecular weight excluding hydrogens is 208 g/mol. The van der Waals surface area contributed by atoms with Crippen molar-refractivity contribution in [3.05, 3.63) is 23.9 Å². The molecule has 0 radical (unpaired) electrons. The van der Waals surface area contributed by atoms with Crippen molar-refractivity contribution in [2.24, 2.45) is 16.5 Å². The molecule has 0 saturated carbocycles. The Kier molecular flexibility index (Phi) is 3.71. The summed E-state index contributed by atoms with van der Waals surface area (Å²) in [5.74, 6) is -0.686. The minimum absolute atomic E-state index is 0.0580. The summed E-state index contributed by atoms with van der Waals surface area (Å²) in [4.78, 5) is 29.5. The maximum Gasteiger partial charge on any atom is 0.248 e. The molecule has 4 N–H and O–H groups in total. The maximum absolute atomic E-state index is 10.9. The van der Waals surface area contributed by atoms with E-state index in [0.29, 0.717) is 17.1 Å². The van der Waals surface area contributed by atoms with Crippen LogP contribution in [-0.4, -0.2) is 22.5 Å². The molecular formula is C10H12N4O2. The molecule has 0 atom stereocenters. The van der Waals surface area contributed by atoms with Crippen LogP contribution in [0.1, 0.15) is 23.7 Å². The van der Waals surface area contributed by atoms with Crippen LogP contribution in [0, 0.1) is 0 Å². The van der Waals surface area contributed by atoms with Crippen LogP contribution >= 0.6 is 0 Å². The Balaban J connectivity index is 2.92. The second-order valence-electron chi connectivity index (χ2n) is 3.26. The molecule has 0 saturated heterocycles. The van der Waals surface area contributed by atoms with Gasteiger partial charge in [0.15, 0.2) is 5.82 Å². The number of hydrogen-bond acceptors (Lipinski definition) is 4. The average molecular weight is 220 g/mol. The number of carbonyl (C=O) groups is 2. The number of aromatic nitrogens is 1. The van der Waals surface area contributed by atoms with Crippen LogP contribution in [0.4, 0.5) is 5.82 Å². The lowest BCUT2D eigenvalue weighted by atomic mass is 10.2. The van der Waals surface area contributed by atoms with E-state index < -0.39 is 11.8 Å². The monoisotopic (exact) mass is 220 g/mol. The molecule has 1 aromatic rings. The minimum Gasteiger partial charge on any atom is -0.369 e. The molecule has 84 valence electrons. The van der Waals surface area contributed by atoms with Crippen molar-refractivity contribution < 1.29 is 9.59 Å². The summed E-state index contributed by atoms with van der Waals surface area (Å²) in [5.41, 5.74) is 11.0. The minimum atomic E-state index is -0.550. The summed E-state index contributed by atoms with van der Waals surface area (Å²) < 4.78 is 0. The van der Waals surface area contributed by atoms with Gasteiger partial charge in [0.25, 0.3) is 0 Å². The first kappa shape index (κ1) is 11.8. The van der Waals surface area contributed by atoms with Gasteiger partial charge in [-0.2, -0.15) is 0 Å². The number of rotatable bonds is 4. The summed E-state index contributed by atoms with van der Waals surface area (Å²) in [5, 5.41) is 0. The maximum atomic E-state index is 10.9. The number of amides is 2. The number of nitrogens with two attached hydrogens (primary N) is 2. The smallest absolute Gasteiger partial charge is 0.248 e. The van der Waals surface area contributed by atoms with E-state index in [1.807, 2.05) is 0 Å². The van der Waals surface area contributed by atoms with E-state index in [-0.39, 0.29) is 6.42 Å². The van der Waals surface area contributed by atoms with Crippen molar-refractivity contribution in [3.63, 3.8) is 0 Å². The Morgan fingerprint density at radius 2 is 2.12 bits per heavy atom. The Morgan fingerprint density at radius 3 is 2.69 bits per heavy atom. The van der Waals surface area contributed by atoms with Crippen LogP contribution in [0.3, 0.4) is 0 Å². The Bertz CT molecular complexity index is 454. The first-order chi connectivity index (χ1) is 7.49. The predicted molar refractivity (Wildman–Crippen MR) is 59.3 cm³/mol. The van der Waals surface area contributed by atoms with Crippen LogP contribution in [0.5, 0.6) is 0 Å². The van der Waals surface area contributed by atoms with Crippen LogP contribution in [-0.2, 0) is 4.79 Å². The van der Waals surface area contributed by atoms with E-state index in [9.17, 15) is 9.59 Å². The normalized spacial score (nSPS) is 11.2. The fourth-order valence-electron chi connectivity index (χ4n) is 1.12. The van der Waals surface area contributed by atoms with Gasteiger partial charge in [0, 0.05) is 17.5 Å². The van der Waals surface area contributed by atoms with E-state index >= 15 is 0 Å². The number of aliphatic imine (C=N–C) groups is 1. The van der Waals surface area contributed by atoms with E-state index in [4.69, 9.17) is 11.5 Å². The van der Waals surface area contributed by atoms with Gasteiger partial charge in [0.2, 0.25) is 11.8 Å². The Labute approximate surface area is 92.4 Å². The van der Waals surface area contributed by atoms with Crippen molar-refractivity contribution >= 4 is 23.3 Å². The third kappa shape index (κ3) is 3.49. The third-order valence-corrected chi connectivity index (χ3v) is 1.77. The lowest BCUT2D eigenvalue weighted by molar-refractivity contribution is -0.116. The molecule has 6 nitrogen and oxygen atoms in total. The van der Waals surface area contributed by atoms with Gasteiger partial charge in [0.05, 0.1) is 6.42 Å². The van der Waals surface area contributed by atoms with Crippen LogP contribution in [0.25, 0.3) is 0 Å². The molecule has 16 heavy (non-hydrogen) atoms. The van der Waals surface area contributed by atoms with Crippen molar-refractivity contribution in [2.75, 3.05) is 0 Å². The van der Waals surface area contributed by atoms with E-state index in [0.717, 1.165) is 0 Å². The van der Waals surface area contributed by atoms with Crippen molar-refractivity contribution in [2.45, 2.75) is 13.3 Å². The second kappa shape index (κ2) is 5.01. The summed E-state index contributed by atoms with van der Waals surface area (Å²) >= 11 is 0. The molecule has 0 unspecified atom stereocenters. The Hall–Kier alpha value is -2.24. The quantitative estimate of drug-likeness (QED) is 0.704. The van der Waals surface area contributed by atoms with Gasteiger partial charge in [-0.1, -0.05) is 0 Å². The lowest BCUT2D eigenvalue weighted by Gasteiger charge is -1.99. The number of carbonyl (C=O) groups excluding carboxylic acids is 2. The van der Waals surface area contributed by atoms with Crippen molar-refractivity contribution in [3.8, 4) is 0 Å². The molecule has 0 aromatic carbocycles. The largest absolute Gasteiger partial charge is 0.369 e. The molecule has 6 heteroatoms. The predicted octanol–water partition coefficient (Wildman–Crippen LogP) is 0.148. The van der Waals surface area contributed by atoms with Gasteiger partial charge in [0.1, 0.15) is 0 Å². The van der Waals surface area contributed by atoms with Gasteiger partial charge >= 0.3 is 0 Å².